The molecule has 0 aromatic heterocycles. The zero-order valence-electron chi connectivity index (χ0n) is 9.31. The maximum absolute atomic E-state index is 11.9. The summed E-state index contributed by atoms with van der Waals surface area (Å²) in [6.45, 7) is 2.02. The highest BCUT2D eigenvalue weighted by atomic mass is 32.1. The molecule has 0 N–H and O–H groups in total. The van der Waals surface area contributed by atoms with Crippen molar-refractivity contribution in [2.75, 3.05) is 0 Å². The van der Waals surface area contributed by atoms with E-state index >= 15 is 0 Å². The van der Waals surface area contributed by atoms with E-state index in [9.17, 15) is 9.59 Å². The molecule has 2 aliphatic rings. The first-order valence-electron chi connectivity index (χ1n) is 5.11. The number of benzene rings is 1. The Morgan fingerprint density at radius 1 is 1.00 bits per heavy atom. The third-order valence-electron chi connectivity index (χ3n) is 2.73. The minimum Gasteiger partial charge on any atom is -0.276 e. The first kappa shape index (κ1) is 10.7. The number of aryl methyl sites for hydroxylation is 1. The SMILES string of the molecule is Cc1ccc2sc3c(=O)n(C)c(=O)c=3sc2c1. The van der Waals surface area contributed by atoms with E-state index in [4.69, 9.17) is 0 Å². The fraction of sp³-hybridized carbons (Fsp3) is 0.167. The van der Waals surface area contributed by atoms with Crippen LogP contribution in [0.3, 0.4) is 0 Å². The molecule has 5 heteroatoms. The minimum atomic E-state index is -0.186. The lowest BCUT2D eigenvalue weighted by Gasteiger charge is -1.96. The predicted molar refractivity (Wildman–Crippen MR) is 71.2 cm³/mol. The molecule has 0 unspecified atom stereocenters. The third-order valence-corrected chi connectivity index (χ3v) is 5.28. The molecule has 3 nitrogen and oxygen atoms in total. The highest BCUT2D eigenvalue weighted by Crippen LogP contribution is 2.24. The first-order valence-corrected chi connectivity index (χ1v) is 6.74. The molecule has 0 saturated heterocycles. The van der Waals surface area contributed by atoms with E-state index < -0.39 is 0 Å². The van der Waals surface area contributed by atoms with Crippen molar-refractivity contribution >= 4 is 32.1 Å². The average Bonchev–Trinajstić information content (AvgIpc) is 2.52. The van der Waals surface area contributed by atoms with E-state index in [0.29, 0.717) is 9.06 Å². The maximum atomic E-state index is 11.9. The van der Waals surface area contributed by atoms with Crippen molar-refractivity contribution in [1.82, 2.24) is 4.57 Å². The van der Waals surface area contributed by atoms with Crippen LogP contribution in [-0.2, 0) is 7.05 Å². The van der Waals surface area contributed by atoms with Gasteiger partial charge in [0, 0.05) is 16.4 Å². The number of nitrogens with zero attached hydrogens (tertiary/aromatic N) is 1. The van der Waals surface area contributed by atoms with Crippen molar-refractivity contribution in [2.45, 2.75) is 6.92 Å². The Hall–Kier alpha value is -1.46. The van der Waals surface area contributed by atoms with Gasteiger partial charge >= 0.3 is 0 Å². The van der Waals surface area contributed by atoms with Gasteiger partial charge in [0.05, 0.1) is 0 Å². The summed E-state index contributed by atoms with van der Waals surface area (Å²) in [5, 5.41) is 0. The van der Waals surface area contributed by atoms with Crippen LogP contribution in [0.25, 0.3) is 9.40 Å². The molecular formula is C12H9NO2S2. The Kier molecular flexibility index (Phi) is 2.21. The molecule has 86 valence electrons. The quantitative estimate of drug-likeness (QED) is 0.622. The van der Waals surface area contributed by atoms with Crippen molar-refractivity contribution in [2.24, 2.45) is 7.05 Å². The Morgan fingerprint density at radius 2 is 1.59 bits per heavy atom. The lowest BCUT2D eigenvalue weighted by atomic mass is 10.2. The molecule has 2 aliphatic heterocycles. The smallest absolute Gasteiger partial charge is 0.272 e. The Morgan fingerprint density at radius 3 is 2.24 bits per heavy atom. The average molecular weight is 263 g/mol. The molecular weight excluding hydrogens is 254 g/mol. The summed E-state index contributed by atoms with van der Waals surface area (Å²) in [5.74, 6) is 0. The number of fused-ring (bicyclic) bond motifs is 1. The predicted octanol–water partition coefficient (Wildman–Crippen LogP) is 2.05. The van der Waals surface area contributed by atoms with Gasteiger partial charge < -0.3 is 0 Å². The highest BCUT2D eigenvalue weighted by molar-refractivity contribution is 7.26. The van der Waals surface area contributed by atoms with Crippen LogP contribution in [0.5, 0.6) is 0 Å². The van der Waals surface area contributed by atoms with Crippen molar-refractivity contribution in [1.29, 1.82) is 0 Å². The summed E-state index contributed by atoms with van der Waals surface area (Å²) in [5.41, 5.74) is 0.786. The molecule has 1 aromatic rings. The second-order valence-corrected chi connectivity index (χ2v) is 6.09. The van der Waals surface area contributed by atoms with E-state index in [-0.39, 0.29) is 11.1 Å². The molecule has 3 rings (SSSR count). The van der Waals surface area contributed by atoms with Gasteiger partial charge in [-0.15, -0.1) is 22.7 Å². The van der Waals surface area contributed by atoms with Crippen molar-refractivity contribution in [3.8, 4) is 0 Å². The van der Waals surface area contributed by atoms with Gasteiger partial charge in [-0.05, 0) is 24.6 Å². The van der Waals surface area contributed by atoms with Gasteiger partial charge in [-0.25, -0.2) is 0 Å². The van der Waals surface area contributed by atoms with Crippen LogP contribution in [0.15, 0.2) is 27.8 Å². The van der Waals surface area contributed by atoms with Crippen LogP contribution in [0.2, 0.25) is 0 Å². The van der Waals surface area contributed by atoms with E-state index in [2.05, 4.69) is 0 Å². The molecule has 0 amide bonds. The second-order valence-electron chi connectivity index (χ2n) is 3.98. The van der Waals surface area contributed by atoms with E-state index in [1.54, 1.807) is 0 Å². The summed E-state index contributed by atoms with van der Waals surface area (Å²) >= 11 is 2.80. The zero-order valence-corrected chi connectivity index (χ0v) is 10.9. The molecule has 1 aromatic carbocycles. The second kappa shape index (κ2) is 3.51. The van der Waals surface area contributed by atoms with Crippen LogP contribution in [0, 0.1) is 16.0 Å². The number of hydrogen-bond donors (Lipinski definition) is 0. The molecule has 0 fully saturated rings. The lowest BCUT2D eigenvalue weighted by molar-refractivity contribution is 0.845. The fourth-order valence-corrected chi connectivity index (χ4v) is 4.23. The number of hydrogen-bond acceptors (Lipinski definition) is 4. The van der Waals surface area contributed by atoms with Gasteiger partial charge in [-0.1, -0.05) is 6.07 Å². The molecule has 17 heavy (non-hydrogen) atoms. The molecule has 2 heterocycles. The monoisotopic (exact) mass is 263 g/mol. The Labute approximate surface area is 104 Å². The maximum Gasteiger partial charge on any atom is 0.272 e. The van der Waals surface area contributed by atoms with Crippen LogP contribution in [-0.4, -0.2) is 4.57 Å². The summed E-state index contributed by atoms with van der Waals surface area (Å²) in [6.07, 6.45) is 0. The van der Waals surface area contributed by atoms with Crippen LogP contribution in [0.1, 0.15) is 5.56 Å². The summed E-state index contributed by atoms with van der Waals surface area (Å²) in [6, 6.07) is 6.07. The van der Waals surface area contributed by atoms with Crippen LogP contribution in [0.4, 0.5) is 0 Å². The standard InChI is InChI=1S/C12H9NO2S2/c1-6-3-4-7-8(5-6)17-10-9(16-7)11(14)13(2)12(10)15/h3-5H,1-2H3. The van der Waals surface area contributed by atoms with Gasteiger partial charge in [-0.2, -0.15) is 0 Å². The van der Waals surface area contributed by atoms with Crippen LogP contribution < -0.4 is 11.1 Å². The molecule has 0 radical (unpaired) electrons. The summed E-state index contributed by atoms with van der Waals surface area (Å²) < 4.78 is 4.43. The molecule has 0 aliphatic carbocycles. The molecule has 0 saturated carbocycles. The number of aromatic nitrogens is 1. The molecule has 0 spiro atoms. The van der Waals surface area contributed by atoms with E-state index in [0.717, 1.165) is 15.0 Å². The van der Waals surface area contributed by atoms with E-state index in [1.807, 2.05) is 25.1 Å². The number of rotatable bonds is 0. The van der Waals surface area contributed by atoms with Gasteiger partial charge in [0.15, 0.2) is 0 Å². The topological polar surface area (TPSA) is 39.1 Å². The minimum absolute atomic E-state index is 0.186. The molecule has 0 bridgehead atoms. The Bertz CT molecular complexity index is 901. The fourth-order valence-electron chi connectivity index (χ4n) is 1.77. The normalized spacial score (nSPS) is 11.4. The van der Waals surface area contributed by atoms with Crippen molar-refractivity contribution < 1.29 is 0 Å². The van der Waals surface area contributed by atoms with Gasteiger partial charge in [-0.3, -0.25) is 14.2 Å². The first-order chi connectivity index (χ1) is 8.08. The highest BCUT2D eigenvalue weighted by Gasteiger charge is 2.09. The summed E-state index contributed by atoms with van der Waals surface area (Å²) in [4.78, 5) is 23.7. The van der Waals surface area contributed by atoms with Gasteiger partial charge in [0.25, 0.3) is 11.1 Å². The van der Waals surface area contributed by atoms with Crippen molar-refractivity contribution in [3.05, 3.63) is 53.5 Å². The van der Waals surface area contributed by atoms with Gasteiger partial charge in [0.2, 0.25) is 0 Å². The zero-order chi connectivity index (χ0) is 12.2. The van der Waals surface area contributed by atoms with Gasteiger partial charge in [0.1, 0.15) is 9.06 Å². The van der Waals surface area contributed by atoms with E-state index in [1.165, 1.54) is 34.3 Å². The third kappa shape index (κ3) is 1.46. The van der Waals surface area contributed by atoms with Crippen molar-refractivity contribution in [3.63, 3.8) is 0 Å². The van der Waals surface area contributed by atoms with Crippen LogP contribution >= 0.6 is 22.7 Å². The summed E-state index contributed by atoms with van der Waals surface area (Å²) in [7, 11) is 1.53. The lowest BCUT2D eigenvalue weighted by Crippen LogP contribution is -2.21. The Balaban J connectivity index is 2.67. The molecule has 0 atom stereocenters. The largest absolute Gasteiger partial charge is 0.276 e.